The van der Waals surface area contributed by atoms with Crippen LogP contribution in [-0.4, -0.2) is 47.1 Å². The molecule has 3 aromatic rings. The minimum Gasteiger partial charge on any atom is -0.491 e. The van der Waals surface area contributed by atoms with E-state index < -0.39 is 6.10 Å². The molecule has 0 bridgehead atoms. The van der Waals surface area contributed by atoms with Crippen molar-refractivity contribution in [3.8, 4) is 5.75 Å². The summed E-state index contributed by atoms with van der Waals surface area (Å²) in [5, 5.41) is 13.5. The molecule has 2 aromatic carbocycles. The zero-order valence-electron chi connectivity index (χ0n) is 16.7. The number of halogens is 2. The van der Waals surface area contributed by atoms with Crippen molar-refractivity contribution in [1.82, 2.24) is 14.9 Å². The van der Waals surface area contributed by atoms with Gasteiger partial charge in [0.15, 0.2) is 0 Å². The molecule has 0 saturated heterocycles. The molecule has 0 amide bonds. The fraction of sp³-hybridized carbons (Fsp3) is 0.318. The first kappa shape index (κ1) is 22.4. The number of nitrogens with one attached hydrogen (secondary N) is 1. The van der Waals surface area contributed by atoms with Crippen molar-refractivity contribution in [2.75, 3.05) is 26.4 Å². The number of aliphatic hydroxyl groups is 1. The Bertz CT molecular complexity index is 920. The zero-order valence-corrected chi connectivity index (χ0v) is 18.3. The number of imidazole rings is 1. The highest BCUT2D eigenvalue weighted by Crippen LogP contribution is 2.21. The van der Waals surface area contributed by atoms with Gasteiger partial charge < -0.3 is 24.5 Å². The van der Waals surface area contributed by atoms with Crippen molar-refractivity contribution >= 4 is 15.9 Å². The summed E-state index contributed by atoms with van der Waals surface area (Å²) in [5.41, 5.74) is 0.736. The third-order valence-corrected chi connectivity index (χ3v) is 5.01. The Morgan fingerprint density at radius 2 is 2.00 bits per heavy atom. The molecule has 0 spiro atoms. The van der Waals surface area contributed by atoms with Gasteiger partial charge >= 0.3 is 0 Å². The largest absolute Gasteiger partial charge is 0.491 e. The fourth-order valence-electron chi connectivity index (χ4n) is 2.98. The first-order chi connectivity index (χ1) is 14.5. The number of aryl methyl sites for hydroxylation is 1. The average molecular weight is 478 g/mol. The number of aliphatic hydroxyl groups excluding tert-OH is 1. The van der Waals surface area contributed by atoms with Gasteiger partial charge in [0, 0.05) is 30.5 Å². The van der Waals surface area contributed by atoms with Crippen molar-refractivity contribution in [2.24, 2.45) is 7.05 Å². The van der Waals surface area contributed by atoms with Gasteiger partial charge in [0.25, 0.3) is 0 Å². The second-order valence-electron chi connectivity index (χ2n) is 6.82. The number of ether oxygens (including phenoxy) is 2. The Kier molecular flexibility index (Phi) is 8.39. The lowest BCUT2D eigenvalue weighted by molar-refractivity contribution is 0.0243. The van der Waals surface area contributed by atoms with Crippen LogP contribution in [0.5, 0.6) is 5.75 Å². The van der Waals surface area contributed by atoms with Crippen LogP contribution in [0, 0.1) is 5.82 Å². The van der Waals surface area contributed by atoms with Crippen LogP contribution in [0.25, 0.3) is 0 Å². The van der Waals surface area contributed by atoms with Crippen molar-refractivity contribution in [2.45, 2.75) is 12.1 Å². The molecule has 0 aliphatic carbocycles. The van der Waals surface area contributed by atoms with Gasteiger partial charge in [-0.15, -0.1) is 0 Å². The van der Waals surface area contributed by atoms with Gasteiger partial charge in [-0.1, -0.05) is 28.1 Å². The summed E-state index contributed by atoms with van der Waals surface area (Å²) in [6.07, 6.45) is 2.79. The van der Waals surface area contributed by atoms with Crippen molar-refractivity contribution in [3.63, 3.8) is 0 Å². The van der Waals surface area contributed by atoms with Crippen molar-refractivity contribution in [1.29, 1.82) is 0 Å². The summed E-state index contributed by atoms with van der Waals surface area (Å²) in [5.74, 6) is 1.18. The van der Waals surface area contributed by atoms with Crippen LogP contribution >= 0.6 is 15.9 Å². The predicted octanol–water partition coefficient (Wildman–Crippen LogP) is 3.46. The molecule has 1 heterocycles. The Hall–Kier alpha value is -2.26. The van der Waals surface area contributed by atoms with Gasteiger partial charge in [-0.05, 0) is 42.0 Å². The Morgan fingerprint density at radius 1 is 1.20 bits per heavy atom. The molecular weight excluding hydrogens is 453 g/mol. The molecule has 1 aromatic heterocycles. The fourth-order valence-corrected chi connectivity index (χ4v) is 3.25. The van der Waals surface area contributed by atoms with Crippen molar-refractivity contribution < 1.29 is 19.0 Å². The van der Waals surface area contributed by atoms with Gasteiger partial charge in [0.1, 0.15) is 24.0 Å². The van der Waals surface area contributed by atoms with E-state index in [9.17, 15) is 9.50 Å². The second kappa shape index (κ2) is 11.2. The Morgan fingerprint density at radius 3 is 2.70 bits per heavy atom. The average Bonchev–Trinajstić information content (AvgIpc) is 3.15. The van der Waals surface area contributed by atoms with E-state index >= 15 is 0 Å². The topological polar surface area (TPSA) is 68.5 Å². The number of benzene rings is 2. The van der Waals surface area contributed by atoms with E-state index in [1.165, 1.54) is 12.1 Å². The maximum atomic E-state index is 13.7. The molecule has 0 radical (unpaired) electrons. The SMILES string of the molecule is Cn1ccnc1C(NCC(O)COCCOc1ccc(Br)cc1)c1cccc(F)c1. The summed E-state index contributed by atoms with van der Waals surface area (Å²) < 4.78 is 27.7. The maximum Gasteiger partial charge on any atom is 0.130 e. The molecule has 0 fully saturated rings. The highest BCUT2D eigenvalue weighted by Gasteiger charge is 2.19. The third-order valence-electron chi connectivity index (χ3n) is 4.48. The van der Waals surface area contributed by atoms with E-state index in [1.54, 1.807) is 12.3 Å². The molecule has 0 aliphatic heterocycles. The van der Waals surface area contributed by atoms with Gasteiger partial charge in [0.2, 0.25) is 0 Å². The molecule has 30 heavy (non-hydrogen) atoms. The quantitative estimate of drug-likeness (QED) is 0.414. The van der Waals surface area contributed by atoms with Crippen LogP contribution in [0.2, 0.25) is 0 Å². The minimum atomic E-state index is -0.728. The van der Waals surface area contributed by atoms with Gasteiger partial charge in [-0.25, -0.2) is 9.37 Å². The van der Waals surface area contributed by atoms with Crippen molar-refractivity contribution in [3.05, 3.63) is 82.6 Å². The second-order valence-corrected chi connectivity index (χ2v) is 7.74. The highest BCUT2D eigenvalue weighted by atomic mass is 79.9. The summed E-state index contributed by atoms with van der Waals surface area (Å²) >= 11 is 3.38. The molecule has 8 heteroatoms. The first-order valence-corrected chi connectivity index (χ1v) is 10.4. The summed E-state index contributed by atoms with van der Waals surface area (Å²) in [6, 6.07) is 13.6. The van der Waals surface area contributed by atoms with Crippen LogP contribution < -0.4 is 10.1 Å². The smallest absolute Gasteiger partial charge is 0.130 e. The van der Waals surface area contributed by atoms with Crippen LogP contribution in [0.4, 0.5) is 4.39 Å². The van der Waals surface area contributed by atoms with Gasteiger partial charge in [-0.3, -0.25) is 0 Å². The third kappa shape index (κ3) is 6.63. The van der Waals surface area contributed by atoms with Crippen LogP contribution in [0.3, 0.4) is 0 Å². The molecule has 0 saturated carbocycles. The zero-order chi connectivity index (χ0) is 21.3. The molecule has 2 atom stereocenters. The van der Waals surface area contributed by atoms with E-state index in [-0.39, 0.29) is 25.0 Å². The lowest BCUT2D eigenvalue weighted by atomic mass is 10.1. The number of aromatic nitrogens is 2. The number of hydrogen-bond acceptors (Lipinski definition) is 5. The normalized spacial score (nSPS) is 13.2. The van der Waals surface area contributed by atoms with Crippen LogP contribution in [-0.2, 0) is 11.8 Å². The van der Waals surface area contributed by atoms with Gasteiger partial charge in [-0.2, -0.15) is 0 Å². The van der Waals surface area contributed by atoms with E-state index in [0.29, 0.717) is 13.2 Å². The lowest BCUT2D eigenvalue weighted by Gasteiger charge is -2.21. The summed E-state index contributed by atoms with van der Waals surface area (Å²) in [4.78, 5) is 4.37. The molecular formula is C22H25BrFN3O3. The molecule has 3 rings (SSSR count). The highest BCUT2D eigenvalue weighted by molar-refractivity contribution is 9.10. The number of hydrogen-bond donors (Lipinski definition) is 2. The Balaban J connectivity index is 1.45. The number of nitrogens with zero attached hydrogens (tertiary/aromatic N) is 2. The molecule has 2 unspecified atom stereocenters. The van der Waals surface area contributed by atoms with E-state index in [1.807, 2.05) is 48.1 Å². The van der Waals surface area contributed by atoms with E-state index in [4.69, 9.17) is 9.47 Å². The first-order valence-electron chi connectivity index (χ1n) is 9.63. The molecule has 160 valence electrons. The molecule has 6 nitrogen and oxygen atoms in total. The summed E-state index contributed by atoms with van der Waals surface area (Å²) in [7, 11) is 1.88. The number of rotatable bonds is 11. The predicted molar refractivity (Wildman–Crippen MR) is 116 cm³/mol. The van der Waals surface area contributed by atoms with Crippen LogP contribution in [0.1, 0.15) is 17.4 Å². The minimum absolute atomic E-state index is 0.160. The standard InChI is InChI=1S/C22H25BrFN3O3/c1-27-10-9-25-22(27)21(16-3-2-4-18(24)13-16)26-14-19(28)15-29-11-12-30-20-7-5-17(23)6-8-20/h2-10,13,19,21,26,28H,11-12,14-15H2,1H3. The lowest BCUT2D eigenvalue weighted by Crippen LogP contribution is -2.35. The van der Waals surface area contributed by atoms with Gasteiger partial charge in [0.05, 0.1) is 25.4 Å². The molecule has 0 aliphatic rings. The monoisotopic (exact) mass is 477 g/mol. The molecule has 2 N–H and O–H groups in total. The maximum absolute atomic E-state index is 13.7. The van der Waals surface area contributed by atoms with Crippen LogP contribution in [0.15, 0.2) is 65.4 Å². The van der Waals surface area contributed by atoms with E-state index in [2.05, 4.69) is 26.2 Å². The van der Waals surface area contributed by atoms with E-state index in [0.717, 1.165) is 21.6 Å². The summed E-state index contributed by atoms with van der Waals surface area (Å²) in [6.45, 7) is 1.18. The Labute approximate surface area is 183 Å².